The average molecular weight is 508 g/mol. The number of hydrogen-bond donors (Lipinski definition) is 8. The van der Waals surface area contributed by atoms with Gasteiger partial charge in [-0.1, -0.05) is 30.3 Å². The van der Waals surface area contributed by atoms with Gasteiger partial charge in [0.15, 0.2) is 5.96 Å². The number of guanidine groups is 1. The van der Waals surface area contributed by atoms with Crippen LogP contribution in [0.4, 0.5) is 0 Å². The van der Waals surface area contributed by atoms with Crippen molar-refractivity contribution in [3.05, 3.63) is 35.9 Å². The molecule has 1 aromatic rings. The molecular weight excluding hydrogens is 474 g/mol. The number of aliphatic carboxylic acids is 2. The molecule has 14 heteroatoms. The normalized spacial score (nSPS) is 13.8. The number of nitrogens with two attached hydrogens (primary N) is 3. The Morgan fingerprint density at radius 3 is 2.08 bits per heavy atom. The summed E-state index contributed by atoms with van der Waals surface area (Å²) >= 11 is 0. The van der Waals surface area contributed by atoms with E-state index in [-0.39, 0.29) is 25.3 Å². The Labute approximate surface area is 207 Å². The molecule has 1 aromatic carbocycles. The molecule has 0 aliphatic heterocycles. The molecular formula is C22H33N7O7. The number of carbonyl (C=O) groups is 5. The molecule has 3 amide bonds. The number of nitrogens with zero attached hydrogens (tertiary/aromatic N) is 1. The molecule has 0 heterocycles. The smallest absolute Gasteiger partial charge is 0.326 e. The zero-order valence-electron chi connectivity index (χ0n) is 19.8. The van der Waals surface area contributed by atoms with Crippen molar-refractivity contribution in [3.8, 4) is 0 Å². The van der Waals surface area contributed by atoms with Crippen LogP contribution in [0.1, 0.15) is 31.7 Å². The Hall–Kier alpha value is -4.20. The van der Waals surface area contributed by atoms with Gasteiger partial charge in [0.1, 0.15) is 18.1 Å². The van der Waals surface area contributed by atoms with Crippen LogP contribution in [0.3, 0.4) is 0 Å². The van der Waals surface area contributed by atoms with Crippen molar-refractivity contribution >= 4 is 35.6 Å². The summed E-state index contributed by atoms with van der Waals surface area (Å²) in [7, 11) is 0. The topological polar surface area (TPSA) is 252 Å². The van der Waals surface area contributed by atoms with E-state index in [1.54, 1.807) is 30.3 Å². The van der Waals surface area contributed by atoms with E-state index in [2.05, 4.69) is 20.9 Å². The van der Waals surface area contributed by atoms with Gasteiger partial charge in [0, 0.05) is 13.0 Å². The van der Waals surface area contributed by atoms with Gasteiger partial charge in [-0.05, 0) is 25.3 Å². The first-order chi connectivity index (χ1) is 16.9. The number of carbonyl (C=O) groups excluding carboxylic acids is 3. The van der Waals surface area contributed by atoms with Crippen LogP contribution in [-0.2, 0) is 30.4 Å². The summed E-state index contributed by atoms with van der Waals surface area (Å²) < 4.78 is 0. The van der Waals surface area contributed by atoms with Crippen molar-refractivity contribution in [1.29, 1.82) is 0 Å². The Bertz CT molecular complexity index is 951. The molecule has 198 valence electrons. The molecule has 0 aliphatic rings. The molecule has 11 N–H and O–H groups in total. The van der Waals surface area contributed by atoms with Gasteiger partial charge >= 0.3 is 11.9 Å². The first-order valence-electron chi connectivity index (χ1n) is 11.1. The Morgan fingerprint density at radius 2 is 1.53 bits per heavy atom. The fourth-order valence-corrected chi connectivity index (χ4v) is 3.04. The molecule has 0 bridgehead atoms. The van der Waals surface area contributed by atoms with E-state index in [0.717, 1.165) is 5.56 Å². The standard InChI is InChI=1S/C22H33N7O7/c1-12(18(32)29-16(21(35)36)11-17(30)31)27-20(34)15(10-13-6-3-2-4-7-13)28-19(33)14(23)8-5-9-26-22(24)25/h2-4,6-7,12,14-16H,5,8-11,23H2,1H3,(H,27,34)(H,28,33)(H,29,32)(H,30,31)(H,35,36)(H4,24,25,26). The van der Waals surface area contributed by atoms with E-state index < -0.39 is 60.2 Å². The van der Waals surface area contributed by atoms with E-state index in [9.17, 15) is 24.0 Å². The van der Waals surface area contributed by atoms with Crippen molar-refractivity contribution in [2.45, 2.75) is 56.8 Å². The number of nitrogens with one attached hydrogen (secondary N) is 3. The summed E-state index contributed by atoms with van der Waals surface area (Å²) in [5.41, 5.74) is 17.2. The van der Waals surface area contributed by atoms with Crippen LogP contribution in [0.2, 0.25) is 0 Å². The van der Waals surface area contributed by atoms with Gasteiger partial charge in [0.05, 0.1) is 12.5 Å². The molecule has 0 radical (unpaired) electrons. The van der Waals surface area contributed by atoms with Crippen LogP contribution in [0.25, 0.3) is 0 Å². The quantitative estimate of drug-likeness (QED) is 0.0712. The number of carboxylic acids is 2. The molecule has 0 spiro atoms. The second-order valence-corrected chi connectivity index (χ2v) is 8.03. The van der Waals surface area contributed by atoms with E-state index in [0.29, 0.717) is 6.42 Å². The van der Waals surface area contributed by atoms with Crippen LogP contribution in [-0.4, -0.2) is 76.5 Å². The zero-order valence-corrected chi connectivity index (χ0v) is 19.8. The summed E-state index contributed by atoms with van der Waals surface area (Å²) in [6, 6.07) is 3.85. The number of benzene rings is 1. The molecule has 0 aliphatic carbocycles. The van der Waals surface area contributed by atoms with Crippen molar-refractivity contribution < 1.29 is 34.2 Å². The van der Waals surface area contributed by atoms with Crippen molar-refractivity contribution in [1.82, 2.24) is 16.0 Å². The molecule has 0 saturated carbocycles. The predicted octanol–water partition coefficient (Wildman–Crippen LogP) is -2.36. The lowest BCUT2D eigenvalue weighted by Gasteiger charge is -2.23. The third-order valence-electron chi connectivity index (χ3n) is 4.97. The van der Waals surface area contributed by atoms with Crippen molar-refractivity contribution in [2.75, 3.05) is 6.54 Å². The number of carboxylic acid groups (broad SMARTS) is 2. The molecule has 4 atom stereocenters. The Kier molecular flexibility index (Phi) is 12.4. The predicted molar refractivity (Wildman–Crippen MR) is 129 cm³/mol. The molecule has 0 aromatic heterocycles. The zero-order chi connectivity index (χ0) is 27.3. The Balaban J connectivity index is 2.86. The largest absolute Gasteiger partial charge is 0.481 e. The van der Waals surface area contributed by atoms with E-state index >= 15 is 0 Å². The maximum absolute atomic E-state index is 13.0. The molecule has 1 rings (SSSR count). The van der Waals surface area contributed by atoms with Crippen LogP contribution >= 0.6 is 0 Å². The maximum Gasteiger partial charge on any atom is 0.326 e. The molecule has 0 saturated heterocycles. The lowest BCUT2D eigenvalue weighted by atomic mass is 10.0. The SMILES string of the molecule is CC(NC(=O)C(Cc1ccccc1)NC(=O)C(N)CCCN=C(N)N)C(=O)NC(CC(=O)O)C(=O)O. The van der Waals surface area contributed by atoms with E-state index in [1.807, 2.05) is 0 Å². The first kappa shape index (κ1) is 29.8. The molecule has 4 unspecified atom stereocenters. The van der Waals surface area contributed by atoms with Gasteiger partial charge in [-0.15, -0.1) is 0 Å². The summed E-state index contributed by atoms with van der Waals surface area (Å²) in [5.74, 6) is -5.25. The van der Waals surface area contributed by atoms with Crippen LogP contribution < -0.4 is 33.2 Å². The second kappa shape index (κ2) is 14.9. The Morgan fingerprint density at radius 1 is 0.917 bits per heavy atom. The summed E-state index contributed by atoms with van der Waals surface area (Å²) in [6.45, 7) is 1.58. The second-order valence-electron chi connectivity index (χ2n) is 8.03. The van der Waals surface area contributed by atoms with E-state index in [1.165, 1.54) is 6.92 Å². The lowest BCUT2D eigenvalue weighted by Crippen LogP contribution is -2.57. The lowest BCUT2D eigenvalue weighted by molar-refractivity contribution is -0.147. The summed E-state index contributed by atoms with van der Waals surface area (Å²) in [4.78, 5) is 63.8. The summed E-state index contributed by atoms with van der Waals surface area (Å²) in [5, 5.41) is 25.0. The number of rotatable bonds is 15. The number of aliphatic imine (C=N–C) groups is 1. The first-order valence-corrected chi connectivity index (χ1v) is 11.1. The van der Waals surface area contributed by atoms with Crippen LogP contribution in [0, 0.1) is 0 Å². The van der Waals surface area contributed by atoms with Gasteiger partial charge in [-0.25, -0.2) is 4.79 Å². The van der Waals surface area contributed by atoms with Crippen LogP contribution in [0.5, 0.6) is 0 Å². The van der Waals surface area contributed by atoms with Gasteiger partial charge in [-0.3, -0.25) is 24.2 Å². The van der Waals surface area contributed by atoms with E-state index in [4.69, 9.17) is 27.4 Å². The number of amides is 3. The highest BCUT2D eigenvalue weighted by Crippen LogP contribution is 2.06. The monoisotopic (exact) mass is 507 g/mol. The minimum atomic E-state index is -1.67. The van der Waals surface area contributed by atoms with Gasteiger partial charge in [0.2, 0.25) is 17.7 Å². The van der Waals surface area contributed by atoms with Gasteiger partial charge in [-0.2, -0.15) is 0 Å². The van der Waals surface area contributed by atoms with Gasteiger partial charge < -0.3 is 43.4 Å². The fourth-order valence-electron chi connectivity index (χ4n) is 3.04. The van der Waals surface area contributed by atoms with Crippen molar-refractivity contribution in [2.24, 2.45) is 22.2 Å². The molecule has 14 nitrogen and oxygen atoms in total. The third-order valence-corrected chi connectivity index (χ3v) is 4.97. The third kappa shape index (κ3) is 11.3. The van der Waals surface area contributed by atoms with Gasteiger partial charge in [0.25, 0.3) is 0 Å². The van der Waals surface area contributed by atoms with Crippen LogP contribution in [0.15, 0.2) is 35.3 Å². The minimum absolute atomic E-state index is 0.0802. The maximum atomic E-state index is 13.0. The highest BCUT2D eigenvalue weighted by Gasteiger charge is 2.29. The fraction of sp³-hybridized carbons (Fsp3) is 0.455. The van der Waals surface area contributed by atoms with Crippen molar-refractivity contribution in [3.63, 3.8) is 0 Å². The molecule has 0 fully saturated rings. The average Bonchev–Trinajstić information content (AvgIpc) is 2.80. The minimum Gasteiger partial charge on any atom is -0.481 e. The molecule has 36 heavy (non-hydrogen) atoms. The highest BCUT2D eigenvalue weighted by molar-refractivity contribution is 5.94. The number of hydrogen-bond acceptors (Lipinski definition) is 7. The highest BCUT2D eigenvalue weighted by atomic mass is 16.4. The summed E-state index contributed by atoms with van der Waals surface area (Å²) in [6.07, 6.45) is -0.0681.